The second kappa shape index (κ2) is 6.53. The number of aliphatic carboxylic acids is 1. The maximum Gasteiger partial charge on any atom is 0.328 e. The fourth-order valence-corrected chi connectivity index (χ4v) is 2.74. The van der Waals surface area contributed by atoms with E-state index in [9.17, 15) is 13.2 Å². The van der Waals surface area contributed by atoms with Crippen molar-refractivity contribution in [2.24, 2.45) is 0 Å². The molecule has 0 saturated heterocycles. The summed E-state index contributed by atoms with van der Waals surface area (Å²) in [7, 11) is -3.64. The third-order valence-electron chi connectivity index (χ3n) is 2.16. The number of hydrogen-bond acceptors (Lipinski definition) is 3. The molecule has 1 aromatic carbocycles. The van der Waals surface area contributed by atoms with Crippen molar-refractivity contribution < 1.29 is 18.3 Å². The van der Waals surface area contributed by atoms with E-state index in [1.165, 1.54) is 6.08 Å². The van der Waals surface area contributed by atoms with Crippen LogP contribution in [-0.4, -0.2) is 25.5 Å². The van der Waals surface area contributed by atoms with Crippen molar-refractivity contribution >= 4 is 27.9 Å². The average Bonchev–Trinajstić information content (AvgIpc) is 2.22. The minimum absolute atomic E-state index is 0.219. The zero-order chi connectivity index (χ0) is 15.3. The van der Waals surface area contributed by atoms with E-state index in [4.69, 9.17) is 5.11 Å². The molecule has 6 nitrogen and oxygen atoms in total. The first kappa shape index (κ1) is 16.2. The van der Waals surface area contributed by atoms with Crippen LogP contribution in [-0.2, 0) is 15.0 Å². The number of aryl methyl sites for hydroxylation is 1. The Morgan fingerprint density at radius 2 is 1.95 bits per heavy atom. The van der Waals surface area contributed by atoms with Gasteiger partial charge in [-0.2, -0.15) is 13.1 Å². The highest BCUT2D eigenvalue weighted by Crippen LogP contribution is 2.16. The van der Waals surface area contributed by atoms with Gasteiger partial charge in [-0.15, -0.1) is 0 Å². The van der Waals surface area contributed by atoms with Gasteiger partial charge in [0, 0.05) is 12.1 Å². The van der Waals surface area contributed by atoms with E-state index in [1.807, 2.05) is 0 Å². The number of nitrogens with one attached hydrogen (secondary N) is 2. The molecule has 110 valence electrons. The number of carboxylic acid groups (broad SMARTS) is 1. The molecule has 0 saturated carbocycles. The fraction of sp³-hybridized carbons (Fsp3) is 0.308. The summed E-state index contributed by atoms with van der Waals surface area (Å²) in [5.41, 5.74) is 1.80. The number of hydrogen-bond donors (Lipinski definition) is 3. The number of benzene rings is 1. The summed E-state index contributed by atoms with van der Waals surface area (Å²) >= 11 is 0. The highest BCUT2D eigenvalue weighted by Gasteiger charge is 2.11. The van der Waals surface area contributed by atoms with Crippen LogP contribution in [0.2, 0.25) is 0 Å². The lowest BCUT2D eigenvalue weighted by Gasteiger charge is -2.12. The van der Waals surface area contributed by atoms with Crippen molar-refractivity contribution in [2.45, 2.75) is 26.8 Å². The topological polar surface area (TPSA) is 95.5 Å². The van der Waals surface area contributed by atoms with Gasteiger partial charge in [0.25, 0.3) is 10.2 Å². The van der Waals surface area contributed by atoms with Crippen molar-refractivity contribution in [3.8, 4) is 0 Å². The number of anilines is 1. The molecule has 1 rings (SSSR count). The molecule has 0 unspecified atom stereocenters. The van der Waals surface area contributed by atoms with Gasteiger partial charge in [0.2, 0.25) is 0 Å². The van der Waals surface area contributed by atoms with Gasteiger partial charge in [-0.05, 0) is 50.1 Å². The van der Waals surface area contributed by atoms with Crippen molar-refractivity contribution in [3.05, 3.63) is 35.4 Å². The van der Waals surface area contributed by atoms with Gasteiger partial charge < -0.3 is 5.11 Å². The van der Waals surface area contributed by atoms with Crippen molar-refractivity contribution in [2.75, 3.05) is 4.72 Å². The number of rotatable bonds is 6. The molecule has 0 heterocycles. The highest BCUT2D eigenvalue weighted by atomic mass is 32.2. The van der Waals surface area contributed by atoms with E-state index in [2.05, 4.69) is 9.44 Å². The first-order valence-electron chi connectivity index (χ1n) is 6.01. The van der Waals surface area contributed by atoms with E-state index >= 15 is 0 Å². The minimum Gasteiger partial charge on any atom is -0.478 e. The molecular formula is C13H18N2O4S. The Morgan fingerprint density at radius 1 is 1.30 bits per heavy atom. The van der Waals surface area contributed by atoms with E-state index in [-0.39, 0.29) is 6.04 Å². The van der Waals surface area contributed by atoms with Crippen LogP contribution in [0.3, 0.4) is 0 Å². The Hall–Kier alpha value is -1.86. The number of carbonyl (C=O) groups is 1. The van der Waals surface area contributed by atoms with E-state index in [0.717, 1.165) is 11.6 Å². The molecule has 7 heteroatoms. The third kappa shape index (κ3) is 5.85. The second-order valence-corrected chi connectivity index (χ2v) is 6.13. The molecule has 0 aromatic heterocycles. The normalized spacial score (nSPS) is 12.0. The maximum absolute atomic E-state index is 11.8. The highest BCUT2D eigenvalue weighted by molar-refractivity contribution is 7.90. The Morgan fingerprint density at radius 3 is 2.50 bits per heavy atom. The smallest absolute Gasteiger partial charge is 0.328 e. The molecule has 0 amide bonds. The molecule has 0 radical (unpaired) electrons. The summed E-state index contributed by atoms with van der Waals surface area (Å²) in [6, 6.07) is 4.76. The molecule has 0 atom stereocenters. The van der Waals surface area contributed by atoms with E-state index in [0.29, 0.717) is 11.3 Å². The lowest BCUT2D eigenvalue weighted by Crippen LogP contribution is -2.35. The summed E-state index contributed by atoms with van der Waals surface area (Å²) in [6.45, 7) is 5.23. The quantitative estimate of drug-likeness (QED) is 0.697. The summed E-state index contributed by atoms with van der Waals surface area (Å²) in [6.07, 6.45) is 2.41. The molecule has 0 fully saturated rings. The van der Waals surface area contributed by atoms with Crippen LogP contribution in [0.25, 0.3) is 6.08 Å². The van der Waals surface area contributed by atoms with Crippen molar-refractivity contribution in [1.29, 1.82) is 0 Å². The van der Waals surface area contributed by atoms with Crippen LogP contribution >= 0.6 is 0 Å². The van der Waals surface area contributed by atoms with Crippen LogP contribution < -0.4 is 9.44 Å². The van der Waals surface area contributed by atoms with Gasteiger partial charge in [-0.3, -0.25) is 4.72 Å². The molecular weight excluding hydrogens is 280 g/mol. The first-order chi connectivity index (χ1) is 9.18. The van der Waals surface area contributed by atoms with E-state index in [1.54, 1.807) is 39.0 Å². The molecule has 3 N–H and O–H groups in total. The largest absolute Gasteiger partial charge is 0.478 e. The molecule has 0 aliphatic rings. The zero-order valence-corrected chi connectivity index (χ0v) is 12.4. The summed E-state index contributed by atoms with van der Waals surface area (Å²) in [4.78, 5) is 10.5. The monoisotopic (exact) mass is 298 g/mol. The molecule has 0 bridgehead atoms. The Kier molecular flexibility index (Phi) is 5.29. The van der Waals surface area contributed by atoms with Crippen LogP contribution in [0.5, 0.6) is 0 Å². The average molecular weight is 298 g/mol. The number of carboxylic acids is 1. The molecule has 0 aliphatic carbocycles. The Bertz CT molecular complexity index is 621. The van der Waals surface area contributed by atoms with Gasteiger partial charge in [-0.1, -0.05) is 6.07 Å². The van der Waals surface area contributed by atoms with Gasteiger partial charge in [0.1, 0.15) is 0 Å². The predicted octanol–water partition coefficient (Wildman–Crippen LogP) is 1.75. The van der Waals surface area contributed by atoms with Gasteiger partial charge in [-0.25, -0.2) is 4.79 Å². The summed E-state index contributed by atoms with van der Waals surface area (Å²) in [5.74, 6) is -1.06. The lowest BCUT2D eigenvalue weighted by molar-refractivity contribution is -0.131. The standard InChI is InChI=1S/C13H18N2O4S/c1-9(2)14-20(18,19)15-12-7-10(3)6-11(8-12)4-5-13(16)17/h4-9,14-15H,1-3H3,(H,16,17)/b5-4+. The second-order valence-electron chi connectivity index (χ2n) is 4.68. The van der Waals surface area contributed by atoms with Crippen molar-refractivity contribution in [1.82, 2.24) is 4.72 Å². The maximum atomic E-state index is 11.8. The summed E-state index contributed by atoms with van der Waals surface area (Å²) < 4.78 is 28.3. The SMILES string of the molecule is Cc1cc(/C=C/C(=O)O)cc(NS(=O)(=O)NC(C)C)c1. The van der Waals surface area contributed by atoms with Crippen molar-refractivity contribution in [3.63, 3.8) is 0 Å². The van der Waals surface area contributed by atoms with E-state index < -0.39 is 16.2 Å². The van der Waals surface area contributed by atoms with Crippen LogP contribution in [0, 0.1) is 6.92 Å². The summed E-state index contributed by atoms with van der Waals surface area (Å²) in [5, 5.41) is 8.59. The molecule has 0 spiro atoms. The predicted molar refractivity (Wildman–Crippen MR) is 78.7 cm³/mol. The minimum atomic E-state index is -3.64. The first-order valence-corrected chi connectivity index (χ1v) is 7.49. The molecule has 1 aromatic rings. The fourth-order valence-electron chi connectivity index (χ4n) is 1.63. The lowest BCUT2D eigenvalue weighted by atomic mass is 10.1. The zero-order valence-electron chi connectivity index (χ0n) is 11.5. The molecule has 20 heavy (non-hydrogen) atoms. The van der Waals surface area contributed by atoms with Crippen LogP contribution in [0.4, 0.5) is 5.69 Å². The Balaban J connectivity index is 2.99. The Labute approximate surface area is 118 Å². The van der Waals surface area contributed by atoms with Crippen LogP contribution in [0.1, 0.15) is 25.0 Å². The third-order valence-corrected chi connectivity index (χ3v) is 3.45. The van der Waals surface area contributed by atoms with Gasteiger partial charge in [0.05, 0.1) is 5.69 Å². The van der Waals surface area contributed by atoms with Gasteiger partial charge >= 0.3 is 5.97 Å². The van der Waals surface area contributed by atoms with Crippen LogP contribution in [0.15, 0.2) is 24.3 Å². The molecule has 0 aliphatic heterocycles. The van der Waals surface area contributed by atoms with Gasteiger partial charge in [0.15, 0.2) is 0 Å².